The fraction of sp³-hybridized carbons (Fsp3) is 0.118. The van der Waals surface area contributed by atoms with Gasteiger partial charge in [-0.15, -0.1) is 5.10 Å². The van der Waals surface area contributed by atoms with Crippen LogP contribution in [0, 0.1) is 0 Å². The maximum Gasteiger partial charge on any atom is 0.244 e. The molecule has 0 bridgehead atoms. The summed E-state index contributed by atoms with van der Waals surface area (Å²) >= 11 is 11.7. The number of anilines is 3. The molecule has 0 aliphatic carbocycles. The highest BCUT2D eigenvalue weighted by Gasteiger charge is 2.02. The second-order valence-corrected chi connectivity index (χ2v) is 5.97. The van der Waals surface area contributed by atoms with Gasteiger partial charge in [0.2, 0.25) is 5.95 Å². The Balaban J connectivity index is 1.56. The summed E-state index contributed by atoms with van der Waals surface area (Å²) < 4.78 is 0. The van der Waals surface area contributed by atoms with Gasteiger partial charge in [-0.2, -0.15) is 10.1 Å². The maximum atomic E-state index is 5.88. The highest BCUT2D eigenvalue weighted by molar-refractivity contribution is 6.30. The molecule has 3 aromatic rings. The molecule has 122 valence electrons. The number of halogens is 2. The van der Waals surface area contributed by atoms with Crippen molar-refractivity contribution in [1.82, 2.24) is 15.2 Å². The summed E-state index contributed by atoms with van der Waals surface area (Å²) in [6.45, 7) is 0.702. The van der Waals surface area contributed by atoms with Crippen molar-refractivity contribution in [3.05, 3.63) is 70.3 Å². The smallest absolute Gasteiger partial charge is 0.244 e. The minimum absolute atomic E-state index is 0.475. The van der Waals surface area contributed by atoms with Crippen LogP contribution in [0.5, 0.6) is 0 Å². The molecule has 0 radical (unpaired) electrons. The summed E-state index contributed by atoms with van der Waals surface area (Å²) in [7, 11) is 0. The molecule has 0 saturated heterocycles. The summed E-state index contributed by atoms with van der Waals surface area (Å²) in [5.74, 6) is 1.09. The average molecular weight is 360 g/mol. The fourth-order valence-corrected chi connectivity index (χ4v) is 2.34. The van der Waals surface area contributed by atoms with E-state index in [2.05, 4.69) is 25.8 Å². The molecular weight excluding hydrogens is 345 g/mol. The highest BCUT2D eigenvalue weighted by atomic mass is 35.5. The van der Waals surface area contributed by atoms with Crippen molar-refractivity contribution >= 4 is 40.7 Å². The number of hydrogen-bond donors (Lipinski definition) is 2. The zero-order valence-corrected chi connectivity index (χ0v) is 14.2. The van der Waals surface area contributed by atoms with Crippen LogP contribution in [-0.4, -0.2) is 21.7 Å². The van der Waals surface area contributed by atoms with E-state index in [1.165, 1.54) is 5.56 Å². The summed E-state index contributed by atoms with van der Waals surface area (Å²) in [6, 6.07) is 15.1. The van der Waals surface area contributed by atoms with Crippen LogP contribution in [0.3, 0.4) is 0 Å². The molecule has 0 aliphatic heterocycles. The van der Waals surface area contributed by atoms with Gasteiger partial charge >= 0.3 is 0 Å². The van der Waals surface area contributed by atoms with Gasteiger partial charge in [0.25, 0.3) is 0 Å². The molecular formula is C17H15Cl2N5. The van der Waals surface area contributed by atoms with E-state index in [0.29, 0.717) is 23.3 Å². The molecule has 0 spiro atoms. The van der Waals surface area contributed by atoms with Crippen LogP contribution in [0.1, 0.15) is 5.56 Å². The van der Waals surface area contributed by atoms with E-state index in [1.54, 1.807) is 6.20 Å². The first-order valence-electron chi connectivity index (χ1n) is 7.40. The molecule has 0 fully saturated rings. The Kier molecular flexibility index (Phi) is 5.46. The molecule has 3 rings (SSSR count). The Labute approximate surface area is 150 Å². The van der Waals surface area contributed by atoms with E-state index in [-0.39, 0.29) is 0 Å². The van der Waals surface area contributed by atoms with Crippen molar-refractivity contribution in [2.45, 2.75) is 6.42 Å². The molecule has 0 atom stereocenters. The molecule has 0 amide bonds. The van der Waals surface area contributed by atoms with Crippen molar-refractivity contribution in [3.63, 3.8) is 0 Å². The van der Waals surface area contributed by atoms with Crippen LogP contribution in [-0.2, 0) is 6.42 Å². The zero-order chi connectivity index (χ0) is 16.8. The summed E-state index contributed by atoms with van der Waals surface area (Å²) in [4.78, 5) is 4.39. The lowest BCUT2D eigenvalue weighted by molar-refractivity contribution is 0.929. The van der Waals surface area contributed by atoms with Crippen molar-refractivity contribution in [2.24, 2.45) is 0 Å². The van der Waals surface area contributed by atoms with E-state index in [9.17, 15) is 0 Å². The lowest BCUT2D eigenvalue weighted by Gasteiger charge is -2.08. The van der Waals surface area contributed by atoms with Crippen molar-refractivity contribution in [1.29, 1.82) is 0 Å². The van der Waals surface area contributed by atoms with Crippen molar-refractivity contribution in [3.8, 4) is 0 Å². The van der Waals surface area contributed by atoms with Gasteiger partial charge in [0.15, 0.2) is 5.82 Å². The third kappa shape index (κ3) is 4.81. The van der Waals surface area contributed by atoms with Gasteiger partial charge in [-0.25, -0.2) is 0 Å². The van der Waals surface area contributed by atoms with E-state index in [4.69, 9.17) is 23.2 Å². The first kappa shape index (κ1) is 16.5. The SMILES string of the molecule is Clc1ccc(CCNc2nncc(Nc3ccc(Cl)cc3)n2)cc1. The second-order valence-electron chi connectivity index (χ2n) is 5.10. The Bertz CT molecular complexity index is 791. The second kappa shape index (κ2) is 7.95. The van der Waals surface area contributed by atoms with Gasteiger partial charge in [-0.3, -0.25) is 0 Å². The number of nitrogens with one attached hydrogen (secondary N) is 2. The average Bonchev–Trinajstić information content (AvgIpc) is 2.59. The van der Waals surface area contributed by atoms with Crippen molar-refractivity contribution < 1.29 is 0 Å². The molecule has 2 N–H and O–H groups in total. The van der Waals surface area contributed by atoms with Gasteiger partial charge in [-0.05, 0) is 48.4 Å². The van der Waals surface area contributed by atoms with Gasteiger partial charge in [0.05, 0.1) is 6.20 Å². The number of hydrogen-bond acceptors (Lipinski definition) is 5. The van der Waals surface area contributed by atoms with Gasteiger partial charge in [0, 0.05) is 22.3 Å². The van der Waals surface area contributed by atoms with Gasteiger partial charge in [0.1, 0.15) is 0 Å². The zero-order valence-electron chi connectivity index (χ0n) is 12.7. The number of aromatic nitrogens is 3. The van der Waals surface area contributed by atoms with Crippen LogP contribution in [0.2, 0.25) is 10.0 Å². The predicted molar refractivity (Wildman–Crippen MR) is 98.2 cm³/mol. The topological polar surface area (TPSA) is 62.7 Å². The lowest BCUT2D eigenvalue weighted by atomic mass is 10.1. The molecule has 24 heavy (non-hydrogen) atoms. The maximum absolute atomic E-state index is 5.88. The molecule has 1 aromatic heterocycles. The Morgan fingerprint density at radius 3 is 2.25 bits per heavy atom. The van der Waals surface area contributed by atoms with E-state index in [1.807, 2.05) is 48.5 Å². The Hall–Kier alpha value is -2.37. The molecule has 0 unspecified atom stereocenters. The van der Waals surface area contributed by atoms with Crippen LogP contribution in [0.25, 0.3) is 0 Å². The first-order valence-corrected chi connectivity index (χ1v) is 8.15. The molecule has 1 heterocycles. The molecule has 7 heteroatoms. The number of rotatable bonds is 6. The van der Waals surface area contributed by atoms with E-state index < -0.39 is 0 Å². The first-order chi connectivity index (χ1) is 11.7. The van der Waals surface area contributed by atoms with Gasteiger partial charge < -0.3 is 10.6 Å². The third-order valence-electron chi connectivity index (χ3n) is 3.29. The number of benzene rings is 2. The van der Waals surface area contributed by atoms with E-state index >= 15 is 0 Å². The highest BCUT2D eigenvalue weighted by Crippen LogP contribution is 2.17. The number of nitrogens with zero attached hydrogens (tertiary/aromatic N) is 3. The molecule has 0 aliphatic rings. The summed E-state index contributed by atoms with van der Waals surface area (Å²) in [5.41, 5.74) is 2.07. The van der Waals surface area contributed by atoms with Crippen molar-refractivity contribution in [2.75, 3.05) is 17.2 Å². The van der Waals surface area contributed by atoms with E-state index in [0.717, 1.165) is 17.1 Å². The monoisotopic (exact) mass is 359 g/mol. The van der Waals surface area contributed by atoms with Crippen LogP contribution < -0.4 is 10.6 Å². The molecule has 0 saturated carbocycles. The predicted octanol–water partition coefficient (Wildman–Crippen LogP) is 4.58. The van der Waals surface area contributed by atoms with Crippen LogP contribution >= 0.6 is 23.2 Å². The minimum Gasteiger partial charge on any atom is -0.353 e. The minimum atomic E-state index is 0.475. The normalized spacial score (nSPS) is 10.4. The standard InChI is InChI=1S/C17H15Cl2N5/c18-13-3-1-12(2-4-13)9-10-20-17-23-16(11-21-24-17)22-15-7-5-14(19)6-8-15/h1-8,11H,9-10H2,(H2,20,22,23,24). The van der Waals surface area contributed by atoms with Crippen LogP contribution in [0.4, 0.5) is 17.5 Å². The Morgan fingerprint density at radius 2 is 1.54 bits per heavy atom. The summed E-state index contributed by atoms with van der Waals surface area (Å²) in [6.07, 6.45) is 2.41. The largest absolute Gasteiger partial charge is 0.353 e. The fourth-order valence-electron chi connectivity index (χ4n) is 2.09. The Morgan fingerprint density at radius 1 is 0.875 bits per heavy atom. The molecule has 5 nitrogen and oxygen atoms in total. The summed E-state index contributed by atoms with van der Waals surface area (Å²) in [5, 5.41) is 15.7. The quantitative estimate of drug-likeness (QED) is 0.674. The third-order valence-corrected chi connectivity index (χ3v) is 3.79. The van der Waals surface area contributed by atoms with Crippen LogP contribution in [0.15, 0.2) is 54.7 Å². The lowest BCUT2D eigenvalue weighted by Crippen LogP contribution is -2.09. The van der Waals surface area contributed by atoms with Gasteiger partial charge in [-0.1, -0.05) is 35.3 Å². The molecule has 2 aromatic carbocycles.